The van der Waals surface area contributed by atoms with Gasteiger partial charge in [0.05, 0.1) is 11.1 Å². The first-order chi connectivity index (χ1) is 10.3. The lowest BCUT2D eigenvalue weighted by atomic mass is 9.98. The number of carbonyl (C=O) groups excluding carboxylic acids is 2. The minimum Gasteiger partial charge on any atom is -0.357 e. The van der Waals surface area contributed by atoms with Gasteiger partial charge in [-0.3, -0.25) is 14.6 Å². The van der Waals surface area contributed by atoms with Gasteiger partial charge in [-0.2, -0.15) is 0 Å². The zero-order chi connectivity index (χ0) is 16.5. The number of amides is 2. The highest BCUT2D eigenvalue weighted by molar-refractivity contribution is 6.09. The monoisotopic (exact) mass is 299 g/mol. The summed E-state index contributed by atoms with van der Waals surface area (Å²) in [5.41, 5.74) is 1.98. The molecule has 116 valence electrons. The van der Waals surface area contributed by atoms with E-state index in [-0.39, 0.29) is 11.8 Å². The molecule has 0 fully saturated rings. The molecule has 0 bridgehead atoms. The van der Waals surface area contributed by atoms with Gasteiger partial charge in [0.1, 0.15) is 5.54 Å². The first-order valence-electron chi connectivity index (χ1n) is 7.18. The van der Waals surface area contributed by atoms with Crippen LogP contribution < -0.4 is 10.6 Å². The van der Waals surface area contributed by atoms with Crippen molar-refractivity contribution in [3.05, 3.63) is 41.1 Å². The summed E-state index contributed by atoms with van der Waals surface area (Å²) in [6.07, 6.45) is 0. The number of rotatable bonds is 3. The molecular formula is C17H21N3O2. The Morgan fingerprint density at radius 2 is 1.77 bits per heavy atom. The van der Waals surface area contributed by atoms with Gasteiger partial charge in [0, 0.05) is 18.1 Å². The summed E-state index contributed by atoms with van der Waals surface area (Å²) >= 11 is 0. The van der Waals surface area contributed by atoms with Gasteiger partial charge >= 0.3 is 0 Å². The van der Waals surface area contributed by atoms with E-state index in [1.54, 1.807) is 20.9 Å². The molecular weight excluding hydrogens is 278 g/mol. The van der Waals surface area contributed by atoms with Gasteiger partial charge in [0.25, 0.3) is 5.91 Å². The van der Waals surface area contributed by atoms with Gasteiger partial charge in [-0.05, 0) is 39.3 Å². The normalized spacial score (nSPS) is 11.3. The average molecular weight is 299 g/mol. The zero-order valence-corrected chi connectivity index (χ0v) is 13.6. The Morgan fingerprint density at radius 1 is 1.14 bits per heavy atom. The topological polar surface area (TPSA) is 71.1 Å². The predicted molar refractivity (Wildman–Crippen MR) is 86.8 cm³/mol. The molecule has 2 rings (SSSR count). The van der Waals surface area contributed by atoms with Crippen molar-refractivity contribution in [2.75, 3.05) is 7.05 Å². The molecule has 2 aromatic rings. The van der Waals surface area contributed by atoms with Crippen LogP contribution in [-0.4, -0.2) is 29.4 Å². The van der Waals surface area contributed by atoms with Crippen LogP contribution >= 0.6 is 0 Å². The average Bonchev–Trinajstić information content (AvgIpc) is 2.46. The number of benzene rings is 1. The van der Waals surface area contributed by atoms with Crippen LogP contribution in [0.5, 0.6) is 0 Å². The third kappa shape index (κ3) is 2.79. The van der Waals surface area contributed by atoms with Gasteiger partial charge in [-0.15, -0.1) is 0 Å². The molecule has 22 heavy (non-hydrogen) atoms. The molecule has 2 amide bonds. The number of hydrogen-bond acceptors (Lipinski definition) is 3. The SMILES string of the molecule is CNC(=O)C(C)(C)NC(=O)c1c(C)c(C)nc2ccccc12. The van der Waals surface area contributed by atoms with Crippen molar-refractivity contribution in [1.29, 1.82) is 0 Å². The fourth-order valence-corrected chi connectivity index (χ4v) is 2.44. The van der Waals surface area contributed by atoms with Crippen LogP contribution in [0.2, 0.25) is 0 Å². The Hall–Kier alpha value is -2.43. The molecule has 0 saturated carbocycles. The summed E-state index contributed by atoms with van der Waals surface area (Å²) in [7, 11) is 1.55. The third-order valence-electron chi connectivity index (χ3n) is 3.83. The maximum absolute atomic E-state index is 12.7. The maximum atomic E-state index is 12.7. The fraction of sp³-hybridized carbons (Fsp3) is 0.353. The van der Waals surface area contributed by atoms with Gasteiger partial charge in [0.2, 0.25) is 5.91 Å². The summed E-state index contributed by atoms with van der Waals surface area (Å²) in [6, 6.07) is 7.51. The van der Waals surface area contributed by atoms with Crippen molar-refractivity contribution in [2.24, 2.45) is 0 Å². The first kappa shape index (κ1) is 15.9. The predicted octanol–water partition coefficient (Wildman–Crippen LogP) is 2.11. The van der Waals surface area contributed by atoms with Gasteiger partial charge in [-0.25, -0.2) is 0 Å². The van der Waals surface area contributed by atoms with Crippen LogP contribution in [0, 0.1) is 13.8 Å². The highest BCUT2D eigenvalue weighted by atomic mass is 16.2. The summed E-state index contributed by atoms with van der Waals surface area (Å²) < 4.78 is 0. The zero-order valence-electron chi connectivity index (χ0n) is 13.6. The van der Waals surface area contributed by atoms with Crippen LogP contribution in [0.3, 0.4) is 0 Å². The smallest absolute Gasteiger partial charge is 0.253 e. The minimum absolute atomic E-state index is 0.242. The summed E-state index contributed by atoms with van der Waals surface area (Å²) in [6.45, 7) is 7.10. The van der Waals surface area contributed by atoms with Crippen LogP contribution in [-0.2, 0) is 4.79 Å². The van der Waals surface area contributed by atoms with E-state index in [1.807, 2.05) is 38.1 Å². The van der Waals surface area contributed by atoms with Crippen LogP contribution in [0.15, 0.2) is 24.3 Å². The van der Waals surface area contributed by atoms with Gasteiger partial charge in [-0.1, -0.05) is 18.2 Å². The van der Waals surface area contributed by atoms with Gasteiger partial charge < -0.3 is 10.6 Å². The van der Waals surface area contributed by atoms with Crippen LogP contribution in [0.1, 0.15) is 35.5 Å². The highest BCUT2D eigenvalue weighted by Gasteiger charge is 2.30. The Bertz CT molecular complexity index is 751. The second kappa shape index (κ2) is 5.75. The highest BCUT2D eigenvalue weighted by Crippen LogP contribution is 2.23. The number of likely N-dealkylation sites (N-methyl/N-ethyl adjacent to an activating group) is 1. The van der Waals surface area contributed by atoms with Crippen molar-refractivity contribution in [1.82, 2.24) is 15.6 Å². The number of para-hydroxylation sites is 1. The van der Waals surface area contributed by atoms with Crippen LogP contribution in [0.4, 0.5) is 0 Å². The van der Waals surface area contributed by atoms with E-state index in [4.69, 9.17) is 0 Å². The molecule has 0 aliphatic heterocycles. The molecule has 5 heteroatoms. The second-order valence-electron chi connectivity index (χ2n) is 5.87. The quantitative estimate of drug-likeness (QED) is 0.912. The number of hydrogen-bond donors (Lipinski definition) is 2. The minimum atomic E-state index is -0.990. The Labute approximate surface area is 130 Å². The van der Waals surface area contributed by atoms with E-state index >= 15 is 0 Å². The number of aromatic nitrogens is 1. The van der Waals surface area contributed by atoms with Gasteiger partial charge in [0.15, 0.2) is 0 Å². The molecule has 1 aromatic heterocycles. The number of carbonyl (C=O) groups is 2. The molecule has 0 atom stereocenters. The number of aryl methyl sites for hydroxylation is 1. The van der Waals surface area contributed by atoms with Crippen molar-refractivity contribution < 1.29 is 9.59 Å². The molecule has 0 aliphatic carbocycles. The Morgan fingerprint density at radius 3 is 2.41 bits per heavy atom. The molecule has 0 unspecified atom stereocenters. The number of fused-ring (bicyclic) bond motifs is 1. The molecule has 2 N–H and O–H groups in total. The first-order valence-corrected chi connectivity index (χ1v) is 7.18. The van der Waals surface area contributed by atoms with E-state index < -0.39 is 5.54 Å². The maximum Gasteiger partial charge on any atom is 0.253 e. The molecule has 0 aliphatic rings. The second-order valence-corrected chi connectivity index (χ2v) is 5.87. The van der Waals surface area contributed by atoms with E-state index in [9.17, 15) is 9.59 Å². The third-order valence-corrected chi connectivity index (χ3v) is 3.83. The van der Waals surface area contributed by atoms with E-state index in [0.717, 1.165) is 22.2 Å². The number of pyridine rings is 1. The molecule has 0 radical (unpaired) electrons. The summed E-state index contributed by atoms with van der Waals surface area (Å²) in [5.74, 6) is -0.513. The molecule has 0 saturated heterocycles. The van der Waals surface area contributed by atoms with E-state index in [1.165, 1.54) is 0 Å². The molecule has 1 aromatic carbocycles. The fourth-order valence-electron chi connectivity index (χ4n) is 2.44. The largest absolute Gasteiger partial charge is 0.357 e. The van der Waals surface area contributed by atoms with Crippen molar-refractivity contribution >= 4 is 22.7 Å². The number of nitrogens with zero attached hydrogens (tertiary/aromatic N) is 1. The molecule has 0 spiro atoms. The lowest BCUT2D eigenvalue weighted by Gasteiger charge is -2.25. The Kier molecular flexibility index (Phi) is 4.17. The van der Waals surface area contributed by atoms with E-state index in [2.05, 4.69) is 15.6 Å². The Balaban J connectivity index is 2.52. The lowest BCUT2D eigenvalue weighted by molar-refractivity contribution is -0.125. The summed E-state index contributed by atoms with van der Waals surface area (Å²) in [5, 5.41) is 6.15. The lowest BCUT2D eigenvalue weighted by Crippen LogP contribution is -2.54. The summed E-state index contributed by atoms with van der Waals surface area (Å²) in [4.78, 5) is 29.1. The molecule has 5 nitrogen and oxygen atoms in total. The van der Waals surface area contributed by atoms with E-state index in [0.29, 0.717) is 5.56 Å². The number of nitrogens with one attached hydrogen (secondary N) is 2. The molecule has 1 heterocycles. The standard InChI is InChI=1S/C17H21N3O2/c1-10-11(2)19-13-9-7-6-8-12(13)14(10)15(21)20-17(3,4)16(22)18-5/h6-9H,1-5H3,(H,18,22)(H,20,21). The van der Waals surface area contributed by atoms with Crippen molar-refractivity contribution in [3.8, 4) is 0 Å². The van der Waals surface area contributed by atoms with Crippen molar-refractivity contribution in [3.63, 3.8) is 0 Å². The van der Waals surface area contributed by atoms with Crippen molar-refractivity contribution in [2.45, 2.75) is 33.2 Å². The van der Waals surface area contributed by atoms with Crippen LogP contribution in [0.25, 0.3) is 10.9 Å².